The van der Waals surface area contributed by atoms with Crippen molar-refractivity contribution in [3.05, 3.63) is 0 Å². The van der Waals surface area contributed by atoms with Crippen molar-refractivity contribution in [2.45, 2.75) is 140 Å². The Morgan fingerprint density at radius 1 is 0.914 bits per heavy atom. The molecule has 0 aromatic rings. The van der Waals surface area contributed by atoms with Crippen LogP contribution in [-0.2, 0) is 32.7 Å². The number of Topliss-reactive ketones (excluding diaryl/α,β-unsaturated/α-hetero) is 1. The van der Waals surface area contributed by atoms with Crippen molar-refractivity contribution in [1.29, 1.82) is 0 Å². The van der Waals surface area contributed by atoms with Crippen molar-refractivity contribution < 1.29 is 32.7 Å². The van der Waals surface area contributed by atoms with E-state index in [2.05, 4.69) is 73.0 Å². The molecule has 0 aromatic heterocycles. The Labute approximate surface area is 213 Å². The average molecular weight is 530 g/mol. The van der Waals surface area contributed by atoms with Crippen molar-refractivity contribution in [2.75, 3.05) is 6.54 Å². The molecule has 35 heavy (non-hydrogen) atoms. The number of carbonyl (C=O) groups excluding carboxylic acids is 2. The molecule has 0 spiro atoms. The Balaban J connectivity index is 2.12. The number of hydrogen-bond acceptors (Lipinski definition) is 7. The molecular formula is C25H47NO7Si2. The molecule has 3 aliphatic heterocycles. The molecule has 0 bridgehead atoms. The third-order valence-corrected chi connectivity index (χ3v) is 17.5. The van der Waals surface area contributed by atoms with E-state index in [1.54, 1.807) is 0 Å². The lowest BCUT2D eigenvalue weighted by molar-refractivity contribution is -0.233. The highest BCUT2D eigenvalue weighted by atomic mass is 28.4. The molecule has 0 aromatic carbocycles. The van der Waals surface area contributed by atoms with Crippen LogP contribution in [0, 0.1) is 0 Å². The molecule has 3 saturated heterocycles. The third-order valence-electron chi connectivity index (χ3n) is 8.53. The van der Waals surface area contributed by atoms with Crippen molar-refractivity contribution in [3.63, 3.8) is 0 Å². The smallest absolute Gasteiger partial charge is 0.220 e. The second-order valence-electron chi connectivity index (χ2n) is 13.8. The van der Waals surface area contributed by atoms with Gasteiger partial charge in [-0.1, -0.05) is 41.5 Å². The van der Waals surface area contributed by atoms with Crippen LogP contribution in [0.1, 0.15) is 68.2 Å². The van der Waals surface area contributed by atoms with E-state index in [0.717, 1.165) is 0 Å². The monoisotopic (exact) mass is 529 g/mol. The first-order valence-electron chi connectivity index (χ1n) is 12.8. The van der Waals surface area contributed by atoms with Crippen LogP contribution in [-0.4, -0.2) is 70.9 Å². The fourth-order valence-electron chi connectivity index (χ4n) is 4.37. The van der Waals surface area contributed by atoms with Gasteiger partial charge in [-0.15, -0.1) is 0 Å². The van der Waals surface area contributed by atoms with E-state index >= 15 is 0 Å². The maximum Gasteiger partial charge on any atom is 0.220 e. The summed E-state index contributed by atoms with van der Waals surface area (Å²) in [4.78, 5) is 26.3. The number of amides is 1. The highest BCUT2D eigenvalue weighted by Crippen LogP contribution is 2.49. The number of ether oxygens (including phenoxy) is 3. The third kappa shape index (κ3) is 5.49. The van der Waals surface area contributed by atoms with Gasteiger partial charge in [0.25, 0.3) is 0 Å². The summed E-state index contributed by atoms with van der Waals surface area (Å²) in [5.74, 6) is -1.12. The number of carbonyl (C=O) groups is 2. The molecule has 202 valence electrons. The summed E-state index contributed by atoms with van der Waals surface area (Å²) in [6.07, 6.45) is -2.31. The van der Waals surface area contributed by atoms with E-state index in [4.69, 9.17) is 23.1 Å². The molecule has 0 unspecified atom stereocenters. The molecule has 0 aliphatic carbocycles. The van der Waals surface area contributed by atoms with Gasteiger partial charge in [0.2, 0.25) is 5.91 Å². The minimum absolute atomic E-state index is 0.0437. The fourth-order valence-corrected chi connectivity index (χ4v) is 7.19. The zero-order valence-corrected chi connectivity index (χ0v) is 25.8. The van der Waals surface area contributed by atoms with E-state index in [9.17, 15) is 9.59 Å². The Bertz CT molecular complexity index is 846. The van der Waals surface area contributed by atoms with Crippen molar-refractivity contribution >= 4 is 28.3 Å². The van der Waals surface area contributed by atoms with Gasteiger partial charge < -0.3 is 28.4 Å². The summed E-state index contributed by atoms with van der Waals surface area (Å²) >= 11 is 0. The molecule has 5 atom stereocenters. The van der Waals surface area contributed by atoms with Gasteiger partial charge in [0.05, 0.1) is 6.54 Å². The first kappa shape index (κ1) is 28.9. The number of rotatable bonds is 5. The Morgan fingerprint density at radius 3 is 2.03 bits per heavy atom. The molecule has 8 nitrogen and oxygen atoms in total. The van der Waals surface area contributed by atoms with E-state index in [-0.39, 0.29) is 41.2 Å². The van der Waals surface area contributed by atoms with Gasteiger partial charge in [0.15, 0.2) is 40.1 Å². The first-order chi connectivity index (χ1) is 15.6. The minimum Gasteiger partial charge on any atom is -0.408 e. The van der Waals surface area contributed by atoms with Crippen LogP contribution in [0.15, 0.2) is 0 Å². The number of fused-ring (bicyclic) bond motifs is 1. The Hall–Kier alpha value is -0.626. The summed E-state index contributed by atoms with van der Waals surface area (Å²) in [7, 11) is -4.80. The van der Waals surface area contributed by atoms with Gasteiger partial charge >= 0.3 is 0 Å². The van der Waals surface area contributed by atoms with Gasteiger partial charge in [-0.25, -0.2) is 0 Å². The summed E-state index contributed by atoms with van der Waals surface area (Å²) < 4.78 is 32.9. The summed E-state index contributed by atoms with van der Waals surface area (Å²) in [6, 6.07) is 0. The number of nitrogens with one attached hydrogen (secondary N) is 1. The van der Waals surface area contributed by atoms with E-state index in [0.29, 0.717) is 0 Å². The molecule has 10 heteroatoms. The molecule has 3 fully saturated rings. The fraction of sp³-hybridized carbons (Fsp3) is 0.920. The molecule has 0 saturated carbocycles. The molecule has 1 amide bonds. The zero-order valence-electron chi connectivity index (χ0n) is 23.8. The molecule has 3 heterocycles. The van der Waals surface area contributed by atoms with Gasteiger partial charge in [0, 0.05) is 12.8 Å². The quantitative estimate of drug-likeness (QED) is 0.525. The normalized spacial score (nSPS) is 34.5. The average Bonchev–Trinajstić information content (AvgIpc) is 3.08. The van der Waals surface area contributed by atoms with E-state index < -0.39 is 52.6 Å². The molecular weight excluding hydrogens is 482 g/mol. The minimum atomic E-state index is -2.49. The molecule has 3 rings (SSSR count). The first-order valence-corrected chi connectivity index (χ1v) is 18.6. The molecule has 1 N–H and O–H groups in total. The van der Waals surface area contributed by atoms with Crippen LogP contribution in [0.25, 0.3) is 0 Å². The number of hydrogen-bond donors (Lipinski definition) is 1. The van der Waals surface area contributed by atoms with E-state index in [1.165, 1.54) is 0 Å². The maximum atomic E-state index is 13.9. The standard InChI is InChI=1S/C25H47NO7Si2/c1-22(2,3)34(9,10)32-18-19-21(31-24(7,8)30-19)29-20(18)25(33-35(11,12)23(4,5)6)15-26-17(28)14-13-16(25)27/h18-21H,13-15H2,1-12H3,(H,26,28)/t18-,19-,20+,21-,25-/m1/s1. The highest BCUT2D eigenvalue weighted by Gasteiger charge is 2.66. The van der Waals surface area contributed by atoms with Gasteiger partial charge in [-0.2, -0.15) is 0 Å². The Morgan fingerprint density at radius 2 is 1.49 bits per heavy atom. The number of ketones is 1. The topological polar surface area (TPSA) is 92.3 Å². The second-order valence-corrected chi connectivity index (χ2v) is 23.3. The van der Waals surface area contributed by atoms with Crippen LogP contribution in [0.4, 0.5) is 0 Å². The lowest BCUT2D eigenvalue weighted by Crippen LogP contribution is -2.67. The van der Waals surface area contributed by atoms with Crippen LogP contribution in [0.5, 0.6) is 0 Å². The summed E-state index contributed by atoms with van der Waals surface area (Å²) in [5.41, 5.74) is -1.39. The Kier molecular flexibility index (Phi) is 7.43. The second kappa shape index (κ2) is 8.99. The zero-order chi connectivity index (χ0) is 26.8. The van der Waals surface area contributed by atoms with Crippen molar-refractivity contribution in [1.82, 2.24) is 5.32 Å². The predicted molar refractivity (Wildman–Crippen MR) is 139 cm³/mol. The molecule has 0 radical (unpaired) electrons. The van der Waals surface area contributed by atoms with Crippen LogP contribution >= 0.6 is 0 Å². The maximum absolute atomic E-state index is 13.9. The van der Waals surface area contributed by atoms with Crippen LogP contribution < -0.4 is 5.32 Å². The van der Waals surface area contributed by atoms with Crippen molar-refractivity contribution in [2.24, 2.45) is 0 Å². The van der Waals surface area contributed by atoms with Crippen LogP contribution in [0.3, 0.4) is 0 Å². The predicted octanol–water partition coefficient (Wildman–Crippen LogP) is 4.49. The van der Waals surface area contributed by atoms with Crippen molar-refractivity contribution in [3.8, 4) is 0 Å². The van der Waals surface area contributed by atoms with Gasteiger partial charge in [0.1, 0.15) is 18.3 Å². The lowest BCUT2D eigenvalue weighted by atomic mass is 9.86. The van der Waals surface area contributed by atoms with Gasteiger partial charge in [-0.3, -0.25) is 9.59 Å². The highest BCUT2D eigenvalue weighted by molar-refractivity contribution is 6.74. The summed E-state index contributed by atoms with van der Waals surface area (Å²) in [6.45, 7) is 25.3. The summed E-state index contributed by atoms with van der Waals surface area (Å²) in [5, 5.41) is 2.72. The largest absolute Gasteiger partial charge is 0.408 e. The van der Waals surface area contributed by atoms with Gasteiger partial charge in [-0.05, 0) is 50.1 Å². The lowest BCUT2D eigenvalue weighted by Gasteiger charge is -2.49. The van der Waals surface area contributed by atoms with E-state index in [1.807, 2.05) is 13.8 Å². The SMILES string of the molecule is CC1(C)O[C@H]2O[C@H]([C@@]3(O[Si](C)(C)C(C)(C)C)CNC(=O)CCC3=O)[C@H](O[Si](C)(C)C(C)(C)C)[C@H]2O1. The molecule has 3 aliphatic rings. The van der Waals surface area contributed by atoms with Crippen LogP contribution in [0.2, 0.25) is 36.3 Å².